The van der Waals surface area contributed by atoms with Crippen molar-refractivity contribution < 1.29 is 9.21 Å². The standard InChI is InChI=1S/C21H26N2O2/c1-4-12-22-13-10-17(11-14-22)21(24)23(5-2)16(3)20-15-18-8-6-7-9-19(18)25-20/h1,6-9,15-17H,5,10-14H2,2-3H3/t16-/m1/s1. The van der Waals surface area contributed by atoms with E-state index in [9.17, 15) is 4.79 Å². The zero-order valence-corrected chi connectivity index (χ0v) is 15.1. The van der Waals surface area contributed by atoms with Crippen LogP contribution in [0.25, 0.3) is 11.0 Å². The molecule has 0 aliphatic carbocycles. The summed E-state index contributed by atoms with van der Waals surface area (Å²) in [6.07, 6.45) is 7.14. The van der Waals surface area contributed by atoms with Gasteiger partial charge in [0.05, 0.1) is 12.6 Å². The van der Waals surface area contributed by atoms with Crippen molar-refractivity contribution in [3.05, 3.63) is 36.1 Å². The summed E-state index contributed by atoms with van der Waals surface area (Å²) in [4.78, 5) is 17.2. The summed E-state index contributed by atoms with van der Waals surface area (Å²) < 4.78 is 5.97. The fraction of sp³-hybridized carbons (Fsp3) is 0.476. The largest absolute Gasteiger partial charge is 0.459 e. The van der Waals surface area contributed by atoms with E-state index >= 15 is 0 Å². The molecule has 4 heteroatoms. The first-order valence-electron chi connectivity index (χ1n) is 9.08. The minimum absolute atomic E-state index is 0.0614. The van der Waals surface area contributed by atoms with Gasteiger partial charge >= 0.3 is 0 Å². The van der Waals surface area contributed by atoms with Crippen molar-refractivity contribution in [3.8, 4) is 12.3 Å². The maximum atomic E-state index is 13.0. The number of piperidine rings is 1. The molecule has 0 saturated carbocycles. The molecule has 1 aliphatic heterocycles. The number of hydrogen-bond acceptors (Lipinski definition) is 3. The number of fused-ring (bicyclic) bond motifs is 1. The lowest BCUT2D eigenvalue weighted by Gasteiger charge is -2.35. The van der Waals surface area contributed by atoms with Crippen LogP contribution in [0, 0.1) is 18.3 Å². The molecule has 1 fully saturated rings. The molecule has 2 aromatic rings. The van der Waals surface area contributed by atoms with Gasteiger partial charge in [-0.2, -0.15) is 0 Å². The van der Waals surface area contributed by atoms with Gasteiger partial charge in [0.2, 0.25) is 5.91 Å². The first-order valence-corrected chi connectivity index (χ1v) is 9.08. The number of carbonyl (C=O) groups is 1. The zero-order valence-electron chi connectivity index (χ0n) is 15.1. The third-order valence-electron chi connectivity index (χ3n) is 5.20. The Bertz CT molecular complexity index is 733. The van der Waals surface area contributed by atoms with Crippen LogP contribution in [-0.4, -0.2) is 41.9 Å². The predicted molar refractivity (Wildman–Crippen MR) is 100 cm³/mol. The normalized spacial score (nSPS) is 17.3. The molecule has 0 N–H and O–H groups in total. The van der Waals surface area contributed by atoms with E-state index in [4.69, 9.17) is 10.8 Å². The van der Waals surface area contributed by atoms with Gasteiger partial charge in [0.15, 0.2) is 0 Å². The average molecular weight is 338 g/mol. The van der Waals surface area contributed by atoms with Gasteiger partial charge in [-0.3, -0.25) is 9.69 Å². The molecule has 3 rings (SSSR count). The summed E-state index contributed by atoms with van der Waals surface area (Å²) in [6, 6.07) is 9.95. The third-order valence-corrected chi connectivity index (χ3v) is 5.20. The van der Waals surface area contributed by atoms with Crippen molar-refractivity contribution in [2.75, 3.05) is 26.2 Å². The van der Waals surface area contributed by atoms with Gasteiger partial charge in [-0.05, 0) is 51.9 Å². The van der Waals surface area contributed by atoms with Crippen molar-refractivity contribution in [2.45, 2.75) is 32.7 Å². The number of furan rings is 1. The quantitative estimate of drug-likeness (QED) is 0.780. The van der Waals surface area contributed by atoms with Crippen LogP contribution in [0.5, 0.6) is 0 Å². The second-order valence-corrected chi connectivity index (χ2v) is 6.74. The number of para-hydroxylation sites is 1. The highest BCUT2D eigenvalue weighted by molar-refractivity contribution is 5.80. The molecule has 1 aromatic heterocycles. The fourth-order valence-electron chi connectivity index (χ4n) is 3.68. The molecule has 25 heavy (non-hydrogen) atoms. The Hall–Kier alpha value is -2.25. The number of hydrogen-bond donors (Lipinski definition) is 0. The third kappa shape index (κ3) is 3.72. The molecule has 0 spiro atoms. The van der Waals surface area contributed by atoms with Crippen LogP contribution in [0.4, 0.5) is 0 Å². The molecule has 0 bridgehead atoms. The van der Waals surface area contributed by atoms with Crippen LogP contribution in [0.3, 0.4) is 0 Å². The lowest BCUT2D eigenvalue weighted by molar-refractivity contribution is -0.139. The van der Waals surface area contributed by atoms with Gasteiger partial charge in [0.25, 0.3) is 0 Å². The highest BCUT2D eigenvalue weighted by atomic mass is 16.3. The molecule has 0 unspecified atom stereocenters. The van der Waals surface area contributed by atoms with Crippen molar-refractivity contribution in [2.24, 2.45) is 5.92 Å². The molecular formula is C21H26N2O2. The Balaban J connectivity index is 1.70. The number of amides is 1. The summed E-state index contributed by atoms with van der Waals surface area (Å²) in [5, 5.41) is 1.08. The summed E-state index contributed by atoms with van der Waals surface area (Å²) in [5.74, 6) is 3.85. The number of rotatable bonds is 5. The monoisotopic (exact) mass is 338 g/mol. The van der Waals surface area contributed by atoms with E-state index in [1.165, 1.54) is 0 Å². The number of nitrogens with zero attached hydrogens (tertiary/aromatic N) is 2. The van der Waals surface area contributed by atoms with Gasteiger partial charge in [-0.25, -0.2) is 0 Å². The maximum Gasteiger partial charge on any atom is 0.226 e. The van der Waals surface area contributed by atoms with Crippen LogP contribution in [0.2, 0.25) is 0 Å². The Morgan fingerprint density at radius 1 is 1.40 bits per heavy atom. The minimum atomic E-state index is -0.0614. The van der Waals surface area contributed by atoms with Gasteiger partial charge in [0.1, 0.15) is 11.3 Å². The van der Waals surface area contributed by atoms with Crippen LogP contribution in [-0.2, 0) is 4.79 Å². The van der Waals surface area contributed by atoms with Crippen LogP contribution in [0.1, 0.15) is 38.5 Å². The number of benzene rings is 1. The Morgan fingerprint density at radius 2 is 2.12 bits per heavy atom. The van der Waals surface area contributed by atoms with Gasteiger partial charge < -0.3 is 9.32 Å². The number of terminal acetylenes is 1. The summed E-state index contributed by atoms with van der Waals surface area (Å²) in [5.41, 5.74) is 0.871. The number of likely N-dealkylation sites (tertiary alicyclic amines) is 1. The van der Waals surface area contributed by atoms with Crippen molar-refractivity contribution in [3.63, 3.8) is 0 Å². The van der Waals surface area contributed by atoms with Crippen molar-refractivity contribution in [1.82, 2.24) is 9.80 Å². The first-order chi connectivity index (χ1) is 12.1. The SMILES string of the molecule is C#CCN1CCC(C(=O)N(CC)[C@H](C)c2cc3ccccc3o2)CC1. The molecular weight excluding hydrogens is 312 g/mol. The smallest absolute Gasteiger partial charge is 0.226 e. The summed E-state index contributed by atoms with van der Waals surface area (Å²) in [6.45, 7) is 7.24. The summed E-state index contributed by atoms with van der Waals surface area (Å²) >= 11 is 0. The number of carbonyl (C=O) groups excluding carboxylic acids is 1. The lowest BCUT2D eigenvalue weighted by atomic mass is 9.94. The second kappa shape index (κ2) is 7.76. The van der Waals surface area contributed by atoms with E-state index in [0.29, 0.717) is 13.1 Å². The highest BCUT2D eigenvalue weighted by Gasteiger charge is 2.31. The average Bonchev–Trinajstić information content (AvgIpc) is 3.07. The second-order valence-electron chi connectivity index (χ2n) is 6.74. The van der Waals surface area contributed by atoms with Crippen LogP contribution < -0.4 is 0 Å². The molecule has 2 heterocycles. The molecule has 0 radical (unpaired) electrons. The van der Waals surface area contributed by atoms with E-state index in [2.05, 4.69) is 10.8 Å². The van der Waals surface area contributed by atoms with Gasteiger partial charge in [-0.15, -0.1) is 6.42 Å². The van der Waals surface area contributed by atoms with Crippen LogP contribution in [0.15, 0.2) is 34.7 Å². The van der Waals surface area contributed by atoms with Crippen molar-refractivity contribution >= 4 is 16.9 Å². The fourth-order valence-corrected chi connectivity index (χ4v) is 3.68. The van der Waals surface area contributed by atoms with Gasteiger partial charge in [-0.1, -0.05) is 24.1 Å². The Labute approximate surface area is 149 Å². The Morgan fingerprint density at radius 3 is 2.76 bits per heavy atom. The van der Waals surface area contributed by atoms with Crippen molar-refractivity contribution in [1.29, 1.82) is 0 Å². The van der Waals surface area contributed by atoms with E-state index in [0.717, 1.165) is 42.7 Å². The predicted octanol–water partition coefficient (Wildman–Crippen LogP) is 3.69. The topological polar surface area (TPSA) is 36.7 Å². The van der Waals surface area contributed by atoms with Gasteiger partial charge in [0, 0.05) is 17.8 Å². The zero-order chi connectivity index (χ0) is 17.8. The molecule has 1 saturated heterocycles. The molecule has 132 valence electrons. The minimum Gasteiger partial charge on any atom is -0.459 e. The molecule has 1 aromatic carbocycles. The summed E-state index contributed by atoms with van der Waals surface area (Å²) in [7, 11) is 0. The molecule has 4 nitrogen and oxygen atoms in total. The highest BCUT2D eigenvalue weighted by Crippen LogP contribution is 2.30. The van der Waals surface area contributed by atoms with Crippen LogP contribution >= 0.6 is 0 Å². The van der Waals surface area contributed by atoms with E-state index in [1.54, 1.807) is 0 Å². The Kier molecular flexibility index (Phi) is 5.45. The molecule has 1 amide bonds. The van der Waals surface area contributed by atoms with E-state index in [1.807, 2.05) is 49.1 Å². The van der Waals surface area contributed by atoms with E-state index in [-0.39, 0.29) is 17.9 Å². The molecule has 1 atom stereocenters. The maximum absolute atomic E-state index is 13.0. The molecule has 1 aliphatic rings. The van der Waals surface area contributed by atoms with E-state index < -0.39 is 0 Å². The first kappa shape index (κ1) is 17.6. The lowest BCUT2D eigenvalue weighted by Crippen LogP contribution is -2.43.